The summed E-state index contributed by atoms with van der Waals surface area (Å²) in [7, 11) is 0. The number of benzene rings is 1. The number of carboxylic acid groups (broad SMARTS) is 1. The Bertz CT molecular complexity index is 672. The van der Waals surface area contributed by atoms with E-state index in [0.717, 1.165) is 32.1 Å². The van der Waals surface area contributed by atoms with Gasteiger partial charge in [0.05, 0.1) is 11.8 Å². The van der Waals surface area contributed by atoms with Gasteiger partial charge in [0.2, 0.25) is 6.29 Å². The molecule has 2 N–H and O–H groups in total. The summed E-state index contributed by atoms with van der Waals surface area (Å²) in [5, 5.41) is 12.4. The van der Waals surface area contributed by atoms with Crippen LogP contribution in [0.4, 0.5) is 4.79 Å². The summed E-state index contributed by atoms with van der Waals surface area (Å²) in [6.07, 6.45) is 3.18. The van der Waals surface area contributed by atoms with Crippen LogP contribution in [0.15, 0.2) is 24.3 Å². The molecule has 0 aromatic heterocycles. The Balaban J connectivity index is 1.73. The molecule has 1 aliphatic rings. The molecule has 1 aliphatic carbocycles. The van der Waals surface area contributed by atoms with E-state index in [1.54, 1.807) is 24.3 Å². The van der Waals surface area contributed by atoms with Crippen LogP contribution in [0.25, 0.3) is 0 Å². The van der Waals surface area contributed by atoms with Crippen LogP contribution >= 0.6 is 11.6 Å². The van der Waals surface area contributed by atoms with Crippen molar-refractivity contribution >= 4 is 29.6 Å². The first-order chi connectivity index (χ1) is 13.4. The predicted octanol–water partition coefficient (Wildman–Crippen LogP) is 4.09. The molecule has 0 heterocycles. The molecule has 0 spiro atoms. The highest BCUT2D eigenvalue weighted by Crippen LogP contribution is 2.25. The lowest BCUT2D eigenvalue weighted by atomic mass is 9.89. The van der Waals surface area contributed by atoms with Crippen LogP contribution in [0.1, 0.15) is 56.9 Å². The van der Waals surface area contributed by atoms with Crippen molar-refractivity contribution in [2.45, 2.75) is 57.7 Å². The summed E-state index contributed by atoms with van der Waals surface area (Å²) in [6, 6.07) is 6.53. The van der Waals surface area contributed by atoms with Gasteiger partial charge in [-0.3, -0.25) is 9.59 Å². The van der Waals surface area contributed by atoms with Gasteiger partial charge in [-0.05, 0) is 37.0 Å². The first-order valence-electron chi connectivity index (χ1n) is 9.50. The molecule has 0 saturated heterocycles. The van der Waals surface area contributed by atoms with E-state index < -0.39 is 24.3 Å². The minimum Gasteiger partial charge on any atom is -0.481 e. The zero-order valence-corrected chi connectivity index (χ0v) is 16.6. The van der Waals surface area contributed by atoms with Crippen molar-refractivity contribution in [2.24, 2.45) is 5.92 Å². The van der Waals surface area contributed by atoms with Crippen LogP contribution in [-0.4, -0.2) is 36.0 Å². The topological polar surface area (TPSA) is 102 Å². The maximum atomic E-state index is 12.0. The molecule has 1 fully saturated rings. The molecule has 1 aromatic carbocycles. The van der Waals surface area contributed by atoms with Gasteiger partial charge in [0.15, 0.2) is 0 Å². The number of hydrogen-bond acceptors (Lipinski definition) is 5. The van der Waals surface area contributed by atoms with Crippen molar-refractivity contribution in [3.05, 3.63) is 34.9 Å². The molecule has 0 radical (unpaired) electrons. The molecular formula is C20H26ClNO6. The van der Waals surface area contributed by atoms with Crippen LogP contribution in [-0.2, 0) is 19.1 Å². The number of ether oxygens (including phenoxy) is 2. The van der Waals surface area contributed by atoms with E-state index in [1.807, 2.05) is 0 Å². The van der Waals surface area contributed by atoms with Gasteiger partial charge in [-0.15, -0.1) is 0 Å². The summed E-state index contributed by atoms with van der Waals surface area (Å²) in [6.45, 7) is 1.58. The monoisotopic (exact) mass is 411 g/mol. The predicted molar refractivity (Wildman–Crippen MR) is 103 cm³/mol. The molecular weight excluding hydrogens is 386 g/mol. The number of amides is 1. The average molecular weight is 412 g/mol. The van der Waals surface area contributed by atoms with E-state index in [4.69, 9.17) is 21.1 Å². The normalized spacial score (nSPS) is 16.6. The first kappa shape index (κ1) is 22.0. The van der Waals surface area contributed by atoms with Crippen molar-refractivity contribution in [3.63, 3.8) is 0 Å². The fourth-order valence-electron chi connectivity index (χ4n) is 3.26. The van der Waals surface area contributed by atoms with Gasteiger partial charge in [0.1, 0.15) is 0 Å². The van der Waals surface area contributed by atoms with E-state index >= 15 is 0 Å². The lowest BCUT2D eigenvalue weighted by Gasteiger charge is -2.22. The zero-order chi connectivity index (χ0) is 20.5. The van der Waals surface area contributed by atoms with E-state index in [0.29, 0.717) is 10.6 Å². The lowest BCUT2D eigenvalue weighted by Crippen LogP contribution is -2.33. The summed E-state index contributed by atoms with van der Waals surface area (Å²) >= 11 is 5.82. The zero-order valence-electron chi connectivity index (χ0n) is 15.9. The number of carboxylic acids is 1. The van der Waals surface area contributed by atoms with E-state index in [2.05, 4.69) is 5.32 Å². The Morgan fingerprint density at radius 1 is 1.14 bits per heavy atom. The number of esters is 1. The van der Waals surface area contributed by atoms with Crippen LogP contribution in [0.3, 0.4) is 0 Å². The van der Waals surface area contributed by atoms with Crippen molar-refractivity contribution in [1.29, 1.82) is 0 Å². The number of alkyl carbamates (subject to hydrolysis) is 1. The lowest BCUT2D eigenvalue weighted by molar-refractivity contribution is -0.171. The quantitative estimate of drug-likeness (QED) is 0.493. The van der Waals surface area contributed by atoms with Crippen molar-refractivity contribution in [1.82, 2.24) is 5.32 Å². The van der Waals surface area contributed by atoms with Gasteiger partial charge < -0.3 is 19.9 Å². The maximum Gasteiger partial charge on any atom is 0.410 e. The number of carbonyl (C=O) groups is 3. The molecule has 28 heavy (non-hydrogen) atoms. The van der Waals surface area contributed by atoms with Gasteiger partial charge in [-0.2, -0.15) is 0 Å². The average Bonchev–Trinajstić information content (AvgIpc) is 2.66. The third-order valence-corrected chi connectivity index (χ3v) is 5.02. The number of carbonyl (C=O) groups excluding carboxylic acids is 2. The summed E-state index contributed by atoms with van der Waals surface area (Å²) in [5.41, 5.74) is 0.599. The standard InChI is InChI=1S/C20H26ClNO6/c1-13(27-19(25)15-5-3-2-4-6-15)28-20(26)22-12-11-17(18(23)24)14-7-9-16(21)10-8-14/h7-10,13,15,17H,2-6,11-12H2,1H3,(H,22,26)(H,23,24). The molecule has 1 aromatic rings. The highest BCUT2D eigenvalue weighted by molar-refractivity contribution is 6.30. The van der Waals surface area contributed by atoms with Gasteiger partial charge in [-0.1, -0.05) is 43.0 Å². The highest BCUT2D eigenvalue weighted by Gasteiger charge is 2.25. The summed E-state index contributed by atoms with van der Waals surface area (Å²) in [5.74, 6) is -2.24. The molecule has 7 nitrogen and oxygen atoms in total. The Hall–Kier alpha value is -2.28. The highest BCUT2D eigenvalue weighted by atomic mass is 35.5. The second kappa shape index (κ2) is 10.9. The Morgan fingerprint density at radius 2 is 1.79 bits per heavy atom. The molecule has 1 saturated carbocycles. The minimum absolute atomic E-state index is 0.0989. The van der Waals surface area contributed by atoms with E-state index in [-0.39, 0.29) is 24.9 Å². The molecule has 2 unspecified atom stereocenters. The largest absolute Gasteiger partial charge is 0.481 e. The molecule has 0 aliphatic heterocycles. The van der Waals surface area contributed by atoms with Gasteiger partial charge in [-0.25, -0.2) is 4.79 Å². The Kier molecular flexibility index (Phi) is 8.57. The van der Waals surface area contributed by atoms with E-state index in [1.165, 1.54) is 6.92 Å². The number of nitrogens with one attached hydrogen (secondary N) is 1. The number of halogens is 1. The SMILES string of the molecule is CC(OC(=O)NCCC(C(=O)O)c1ccc(Cl)cc1)OC(=O)C1CCCCC1. The number of rotatable bonds is 8. The van der Waals surface area contributed by atoms with Crippen molar-refractivity contribution in [3.8, 4) is 0 Å². The van der Waals surface area contributed by atoms with Gasteiger partial charge in [0.25, 0.3) is 0 Å². The molecule has 1 amide bonds. The van der Waals surface area contributed by atoms with Crippen LogP contribution < -0.4 is 5.32 Å². The molecule has 2 atom stereocenters. The van der Waals surface area contributed by atoms with Crippen LogP contribution in [0, 0.1) is 5.92 Å². The summed E-state index contributed by atoms with van der Waals surface area (Å²) < 4.78 is 10.2. The molecule has 0 bridgehead atoms. The Labute approximate surface area is 169 Å². The van der Waals surface area contributed by atoms with Gasteiger partial charge in [0, 0.05) is 18.5 Å². The van der Waals surface area contributed by atoms with Crippen molar-refractivity contribution < 1.29 is 29.0 Å². The van der Waals surface area contributed by atoms with Crippen molar-refractivity contribution in [2.75, 3.05) is 6.54 Å². The van der Waals surface area contributed by atoms with Crippen LogP contribution in [0.2, 0.25) is 5.02 Å². The van der Waals surface area contributed by atoms with Crippen LogP contribution in [0.5, 0.6) is 0 Å². The van der Waals surface area contributed by atoms with Gasteiger partial charge >= 0.3 is 18.0 Å². The third-order valence-electron chi connectivity index (χ3n) is 4.77. The summed E-state index contributed by atoms with van der Waals surface area (Å²) in [4.78, 5) is 35.4. The smallest absolute Gasteiger partial charge is 0.410 e. The molecule has 8 heteroatoms. The number of hydrogen-bond donors (Lipinski definition) is 2. The second-order valence-electron chi connectivity index (χ2n) is 6.90. The maximum absolute atomic E-state index is 12.0. The third kappa shape index (κ3) is 7.03. The molecule has 2 rings (SSSR count). The molecule has 154 valence electrons. The fraction of sp³-hybridized carbons (Fsp3) is 0.550. The fourth-order valence-corrected chi connectivity index (χ4v) is 3.39. The second-order valence-corrected chi connectivity index (χ2v) is 7.34. The first-order valence-corrected chi connectivity index (χ1v) is 9.88. The Morgan fingerprint density at radius 3 is 2.39 bits per heavy atom. The van der Waals surface area contributed by atoms with E-state index in [9.17, 15) is 19.5 Å². The minimum atomic E-state index is -0.999. The number of aliphatic carboxylic acids is 1.